The SMILES string of the molecule is Cc1ccccc1CCNC(=O)c1ccncc1NN. The fraction of sp³-hybridized carbons (Fsp3) is 0.200. The van der Waals surface area contributed by atoms with Crippen LogP contribution < -0.4 is 16.6 Å². The van der Waals surface area contributed by atoms with Crippen LogP contribution in [0, 0.1) is 6.92 Å². The molecule has 5 heteroatoms. The van der Waals surface area contributed by atoms with E-state index in [0.29, 0.717) is 17.8 Å². The van der Waals surface area contributed by atoms with E-state index in [2.05, 4.69) is 34.8 Å². The number of pyridine rings is 1. The van der Waals surface area contributed by atoms with Crippen molar-refractivity contribution in [2.24, 2.45) is 5.84 Å². The molecule has 0 fully saturated rings. The van der Waals surface area contributed by atoms with Crippen LogP contribution in [-0.4, -0.2) is 17.4 Å². The number of aromatic nitrogens is 1. The largest absolute Gasteiger partial charge is 0.352 e. The first-order valence-corrected chi connectivity index (χ1v) is 6.45. The number of nitrogens with two attached hydrogens (primary N) is 1. The van der Waals surface area contributed by atoms with E-state index in [1.807, 2.05) is 12.1 Å². The zero-order valence-electron chi connectivity index (χ0n) is 11.4. The lowest BCUT2D eigenvalue weighted by Gasteiger charge is -2.10. The van der Waals surface area contributed by atoms with Gasteiger partial charge in [-0.1, -0.05) is 24.3 Å². The minimum absolute atomic E-state index is 0.158. The number of nitrogen functional groups attached to an aromatic ring is 1. The van der Waals surface area contributed by atoms with Crippen LogP contribution in [0.15, 0.2) is 42.7 Å². The van der Waals surface area contributed by atoms with Crippen molar-refractivity contribution >= 4 is 11.6 Å². The maximum Gasteiger partial charge on any atom is 0.253 e. The van der Waals surface area contributed by atoms with Crippen molar-refractivity contribution in [3.8, 4) is 0 Å². The highest BCUT2D eigenvalue weighted by atomic mass is 16.1. The first-order valence-electron chi connectivity index (χ1n) is 6.45. The Hall–Kier alpha value is -2.40. The molecule has 0 unspecified atom stereocenters. The van der Waals surface area contributed by atoms with Crippen LogP contribution in [-0.2, 0) is 6.42 Å². The number of nitrogens with one attached hydrogen (secondary N) is 2. The fourth-order valence-corrected chi connectivity index (χ4v) is 2.00. The van der Waals surface area contributed by atoms with Crippen LogP contribution in [0.5, 0.6) is 0 Å². The molecule has 2 aromatic rings. The number of anilines is 1. The topological polar surface area (TPSA) is 80.0 Å². The molecule has 0 radical (unpaired) electrons. The molecule has 1 heterocycles. The molecular formula is C15H18N4O. The second kappa shape index (κ2) is 6.68. The summed E-state index contributed by atoms with van der Waals surface area (Å²) in [6, 6.07) is 9.78. The number of amides is 1. The van der Waals surface area contributed by atoms with Gasteiger partial charge in [-0.05, 0) is 30.5 Å². The highest BCUT2D eigenvalue weighted by Gasteiger charge is 2.10. The van der Waals surface area contributed by atoms with E-state index in [9.17, 15) is 4.79 Å². The van der Waals surface area contributed by atoms with Crippen molar-refractivity contribution < 1.29 is 4.79 Å². The molecule has 1 aromatic heterocycles. The normalized spacial score (nSPS) is 10.1. The van der Waals surface area contributed by atoms with Gasteiger partial charge in [0.15, 0.2) is 0 Å². The number of benzene rings is 1. The summed E-state index contributed by atoms with van der Waals surface area (Å²) >= 11 is 0. The molecular weight excluding hydrogens is 252 g/mol. The molecule has 20 heavy (non-hydrogen) atoms. The Kier molecular flexibility index (Phi) is 4.68. The summed E-state index contributed by atoms with van der Waals surface area (Å²) in [5.74, 6) is 5.20. The third-order valence-electron chi connectivity index (χ3n) is 3.16. The van der Waals surface area contributed by atoms with Crippen LogP contribution in [0.2, 0.25) is 0 Å². The number of hydrazine groups is 1. The molecule has 5 nitrogen and oxygen atoms in total. The van der Waals surface area contributed by atoms with E-state index in [-0.39, 0.29) is 5.91 Å². The molecule has 1 aromatic carbocycles. The van der Waals surface area contributed by atoms with Gasteiger partial charge in [0.05, 0.1) is 17.4 Å². The molecule has 0 bridgehead atoms. The summed E-state index contributed by atoms with van der Waals surface area (Å²) in [4.78, 5) is 16.0. The first-order chi connectivity index (χ1) is 9.72. The lowest BCUT2D eigenvalue weighted by atomic mass is 10.1. The molecule has 0 atom stereocenters. The molecule has 1 amide bonds. The van der Waals surface area contributed by atoms with Gasteiger partial charge in [0, 0.05) is 12.7 Å². The Morgan fingerprint density at radius 3 is 2.85 bits per heavy atom. The molecule has 0 saturated carbocycles. The van der Waals surface area contributed by atoms with E-state index in [0.717, 1.165) is 6.42 Å². The second-order valence-corrected chi connectivity index (χ2v) is 4.50. The standard InChI is InChI=1S/C15H18N4O/c1-11-4-2-3-5-12(11)6-9-18-15(20)13-7-8-17-10-14(13)19-16/h2-5,7-8,10,19H,6,9,16H2,1H3,(H,18,20). The van der Waals surface area contributed by atoms with Crippen LogP contribution in [0.25, 0.3) is 0 Å². The predicted octanol–water partition coefficient (Wildman–Crippen LogP) is 1.65. The molecule has 0 aliphatic carbocycles. The van der Waals surface area contributed by atoms with Gasteiger partial charge < -0.3 is 10.7 Å². The Morgan fingerprint density at radius 2 is 2.10 bits per heavy atom. The fourth-order valence-electron chi connectivity index (χ4n) is 2.00. The van der Waals surface area contributed by atoms with E-state index in [1.165, 1.54) is 17.3 Å². The molecule has 2 rings (SSSR count). The van der Waals surface area contributed by atoms with Crippen molar-refractivity contribution in [3.63, 3.8) is 0 Å². The maximum atomic E-state index is 12.1. The number of nitrogens with zero attached hydrogens (tertiary/aromatic N) is 1. The number of hydrogen-bond donors (Lipinski definition) is 3. The van der Waals surface area contributed by atoms with Gasteiger partial charge in [-0.15, -0.1) is 0 Å². The van der Waals surface area contributed by atoms with Crippen molar-refractivity contribution in [1.82, 2.24) is 10.3 Å². The first kappa shape index (κ1) is 14.0. The monoisotopic (exact) mass is 270 g/mol. The Labute approximate surface area is 118 Å². The minimum atomic E-state index is -0.158. The summed E-state index contributed by atoms with van der Waals surface area (Å²) in [7, 11) is 0. The lowest BCUT2D eigenvalue weighted by molar-refractivity contribution is 0.0955. The number of hydrogen-bond acceptors (Lipinski definition) is 4. The number of aryl methyl sites for hydroxylation is 1. The van der Waals surface area contributed by atoms with Crippen molar-refractivity contribution in [2.45, 2.75) is 13.3 Å². The molecule has 4 N–H and O–H groups in total. The highest BCUT2D eigenvalue weighted by molar-refractivity contribution is 5.99. The van der Waals surface area contributed by atoms with Crippen molar-refractivity contribution in [3.05, 3.63) is 59.4 Å². The third-order valence-corrected chi connectivity index (χ3v) is 3.16. The van der Waals surface area contributed by atoms with Gasteiger partial charge in [0.1, 0.15) is 0 Å². The summed E-state index contributed by atoms with van der Waals surface area (Å²) in [6.07, 6.45) is 3.89. The average molecular weight is 270 g/mol. The Balaban J connectivity index is 1.94. The summed E-state index contributed by atoms with van der Waals surface area (Å²) in [6.45, 7) is 2.65. The van der Waals surface area contributed by atoms with Gasteiger partial charge in [-0.25, -0.2) is 0 Å². The molecule has 0 aliphatic rings. The van der Waals surface area contributed by atoms with E-state index >= 15 is 0 Å². The van der Waals surface area contributed by atoms with E-state index < -0.39 is 0 Å². The number of carbonyl (C=O) groups is 1. The zero-order chi connectivity index (χ0) is 14.4. The number of rotatable bonds is 5. The van der Waals surface area contributed by atoms with Gasteiger partial charge in [-0.2, -0.15) is 0 Å². The van der Waals surface area contributed by atoms with E-state index in [4.69, 9.17) is 5.84 Å². The smallest absolute Gasteiger partial charge is 0.253 e. The zero-order valence-corrected chi connectivity index (χ0v) is 11.4. The molecule has 0 spiro atoms. The van der Waals surface area contributed by atoms with Crippen molar-refractivity contribution in [2.75, 3.05) is 12.0 Å². The van der Waals surface area contributed by atoms with E-state index in [1.54, 1.807) is 12.3 Å². The summed E-state index contributed by atoms with van der Waals surface area (Å²) in [5, 5.41) is 2.89. The summed E-state index contributed by atoms with van der Waals surface area (Å²) < 4.78 is 0. The van der Waals surface area contributed by atoms with Crippen LogP contribution in [0.1, 0.15) is 21.5 Å². The Morgan fingerprint density at radius 1 is 1.30 bits per heavy atom. The molecule has 0 saturated heterocycles. The highest BCUT2D eigenvalue weighted by Crippen LogP contribution is 2.11. The second-order valence-electron chi connectivity index (χ2n) is 4.50. The van der Waals surface area contributed by atoms with Crippen LogP contribution in [0.3, 0.4) is 0 Å². The lowest BCUT2D eigenvalue weighted by Crippen LogP contribution is -2.27. The Bertz CT molecular complexity index is 598. The maximum absolute atomic E-state index is 12.1. The molecule has 104 valence electrons. The summed E-state index contributed by atoms with van der Waals surface area (Å²) in [5.41, 5.74) is 5.95. The van der Waals surface area contributed by atoms with Crippen LogP contribution >= 0.6 is 0 Å². The third kappa shape index (κ3) is 3.33. The average Bonchev–Trinajstić information content (AvgIpc) is 2.49. The number of carbonyl (C=O) groups excluding carboxylic acids is 1. The van der Waals surface area contributed by atoms with Gasteiger partial charge in [0.25, 0.3) is 5.91 Å². The quantitative estimate of drug-likeness (QED) is 0.570. The van der Waals surface area contributed by atoms with Gasteiger partial charge in [0.2, 0.25) is 0 Å². The van der Waals surface area contributed by atoms with Gasteiger partial charge >= 0.3 is 0 Å². The minimum Gasteiger partial charge on any atom is -0.352 e. The predicted molar refractivity (Wildman–Crippen MR) is 79.3 cm³/mol. The van der Waals surface area contributed by atoms with Crippen LogP contribution in [0.4, 0.5) is 5.69 Å². The van der Waals surface area contributed by atoms with Crippen molar-refractivity contribution in [1.29, 1.82) is 0 Å². The molecule has 0 aliphatic heterocycles. The van der Waals surface area contributed by atoms with Gasteiger partial charge in [-0.3, -0.25) is 15.6 Å².